The molecule has 18 heavy (non-hydrogen) atoms. The Balaban J connectivity index is 2.36. The van der Waals surface area contributed by atoms with Gasteiger partial charge in [-0.3, -0.25) is 19.8 Å². The van der Waals surface area contributed by atoms with Gasteiger partial charge in [-0.1, -0.05) is 6.07 Å². The molecule has 0 unspecified atom stereocenters. The van der Waals surface area contributed by atoms with E-state index < -0.39 is 0 Å². The third kappa shape index (κ3) is 2.59. The zero-order chi connectivity index (χ0) is 13.0. The zero-order valence-electron chi connectivity index (χ0n) is 10.1. The fraction of sp³-hybridized carbons (Fsp3) is 0.333. The second-order valence-corrected chi connectivity index (χ2v) is 4.90. The Labute approximate surface area is 108 Å². The molecule has 5 nitrogen and oxygen atoms in total. The quantitative estimate of drug-likeness (QED) is 0.714. The fourth-order valence-corrected chi connectivity index (χ4v) is 2.25. The number of thioether (sulfide) groups is 1. The molecule has 0 aliphatic carbocycles. The summed E-state index contributed by atoms with van der Waals surface area (Å²) in [6.45, 7) is 0.784. The van der Waals surface area contributed by atoms with Crippen LogP contribution in [0.25, 0.3) is 10.8 Å². The number of hydrogen-bond acceptors (Lipinski definition) is 4. The lowest BCUT2D eigenvalue weighted by Gasteiger charge is -2.08. The summed E-state index contributed by atoms with van der Waals surface area (Å²) in [5.41, 5.74) is 0.149. The highest BCUT2D eigenvalue weighted by atomic mass is 32.2. The lowest BCUT2D eigenvalue weighted by Crippen LogP contribution is -2.20. The predicted octanol–water partition coefficient (Wildman–Crippen LogP) is 1.38. The minimum absolute atomic E-state index is 0.280. The zero-order valence-corrected chi connectivity index (χ0v) is 10.9. The number of aromatic nitrogens is 2. The predicted molar refractivity (Wildman–Crippen MR) is 76.7 cm³/mol. The number of aromatic amines is 2. The number of rotatable bonds is 5. The molecule has 0 saturated heterocycles. The monoisotopic (exact) mass is 265 g/mol. The molecular formula is C12H15N3O2S. The molecule has 1 heterocycles. The fourth-order valence-electron chi connectivity index (χ4n) is 1.82. The molecule has 3 N–H and O–H groups in total. The van der Waals surface area contributed by atoms with Gasteiger partial charge in [0.2, 0.25) is 0 Å². The van der Waals surface area contributed by atoms with E-state index in [0.717, 1.165) is 18.7 Å². The van der Waals surface area contributed by atoms with Crippen LogP contribution in [0.5, 0.6) is 0 Å². The van der Waals surface area contributed by atoms with Crippen molar-refractivity contribution in [3.05, 3.63) is 38.9 Å². The largest absolute Gasteiger partial charge is 0.384 e. The van der Waals surface area contributed by atoms with Gasteiger partial charge in [0, 0.05) is 12.2 Å². The molecule has 0 saturated carbocycles. The molecule has 1 aromatic heterocycles. The number of H-pyrrole nitrogens is 2. The normalized spacial score (nSPS) is 10.7. The van der Waals surface area contributed by atoms with Crippen molar-refractivity contribution in [2.75, 3.05) is 23.9 Å². The van der Waals surface area contributed by atoms with E-state index in [9.17, 15) is 9.59 Å². The summed E-state index contributed by atoms with van der Waals surface area (Å²) in [5.74, 6) is 1.06. The van der Waals surface area contributed by atoms with Crippen LogP contribution >= 0.6 is 11.8 Å². The van der Waals surface area contributed by atoms with E-state index in [0.29, 0.717) is 16.5 Å². The van der Waals surface area contributed by atoms with E-state index in [1.807, 2.05) is 6.07 Å². The highest BCUT2D eigenvalue weighted by molar-refractivity contribution is 7.98. The summed E-state index contributed by atoms with van der Waals surface area (Å²) in [6, 6.07) is 5.24. The van der Waals surface area contributed by atoms with E-state index in [1.54, 1.807) is 23.9 Å². The van der Waals surface area contributed by atoms with Gasteiger partial charge in [-0.15, -0.1) is 0 Å². The average Bonchev–Trinajstić information content (AvgIpc) is 2.39. The lowest BCUT2D eigenvalue weighted by atomic mass is 10.1. The third-order valence-corrected chi connectivity index (χ3v) is 3.36. The number of anilines is 1. The van der Waals surface area contributed by atoms with Crippen LogP contribution in [-0.2, 0) is 0 Å². The number of benzene rings is 1. The van der Waals surface area contributed by atoms with E-state index in [4.69, 9.17) is 0 Å². The van der Waals surface area contributed by atoms with Crippen molar-refractivity contribution in [3.8, 4) is 0 Å². The molecule has 96 valence electrons. The third-order valence-electron chi connectivity index (χ3n) is 2.67. The van der Waals surface area contributed by atoms with Gasteiger partial charge in [0.1, 0.15) is 0 Å². The second-order valence-electron chi connectivity index (χ2n) is 3.91. The van der Waals surface area contributed by atoms with Crippen LogP contribution in [0.4, 0.5) is 5.69 Å². The topological polar surface area (TPSA) is 77.8 Å². The van der Waals surface area contributed by atoms with Gasteiger partial charge >= 0.3 is 0 Å². The van der Waals surface area contributed by atoms with Crippen molar-refractivity contribution in [1.29, 1.82) is 0 Å². The van der Waals surface area contributed by atoms with E-state index in [-0.39, 0.29) is 11.1 Å². The van der Waals surface area contributed by atoms with E-state index in [1.165, 1.54) is 0 Å². The van der Waals surface area contributed by atoms with Crippen molar-refractivity contribution in [2.45, 2.75) is 6.42 Å². The van der Waals surface area contributed by atoms with Gasteiger partial charge < -0.3 is 5.32 Å². The van der Waals surface area contributed by atoms with Crippen LogP contribution in [-0.4, -0.2) is 28.8 Å². The standard InChI is InChI=1S/C12H15N3O2S/c1-18-7-3-6-13-9-5-2-4-8-10(9)12(17)15-14-11(8)16/h2,4-5,13H,3,6-7H2,1H3,(H,14,16)(H,15,17). The molecule has 0 bridgehead atoms. The molecule has 0 spiro atoms. The number of nitrogens with one attached hydrogen (secondary N) is 3. The van der Waals surface area contributed by atoms with Crippen LogP contribution in [0.3, 0.4) is 0 Å². The molecule has 0 aliphatic heterocycles. The van der Waals surface area contributed by atoms with Crippen molar-refractivity contribution in [1.82, 2.24) is 10.2 Å². The average molecular weight is 265 g/mol. The van der Waals surface area contributed by atoms with Crippen molar-refractivity contribution in [3.63, 3.8) is 0 Å². The first-order chi connectivity index (χ1) is 8.74. The Hall–Kier alpha value is -1.69. The Morgan fingerprint density at radius 2 is 2.00 bits per heavy atom. The first-order valence-corrected chi connectivity index (χ1v) is 7.10. The molecule has 0 amide bonds. The minimum atomic E-state index is -0.280. The summed E-state index contributed by atoms with van der Waals surface area (Å²) in [4.78, 5) is 23.4. The Morgan fingerprint density at radius 1 is 1.22 bits per heavy atom. The summed E-state index contributed by atoms with van der Waals surface area (Å²) in [6.07, 6.45) is 3.07. The van der Waals surface area contributed by atoms with Gasteiger partial charge in [0.25, 0.3) is 11.1 Å². The Bertz CT molecular complexity index is 648. The maximum absolute atomic E-state index is 11.8. The van der Waals surface area contributed by atoms with Crippen molar-refractivity contribution < 1.29 is 0 Å². The minimum Gasteiger partial charge on any atom is -0.384 e. The van der Waals surface area contributed by atoms with Crippen molar-refractivity contribution >= 4 is 28.2 Å². The summed E-state index contributed by atoms with van der Waals surface area (Å²) in [7, 11) is 0. The SMILES string of the molecule is CSCCCNc1cccc2c(=O)[nH][nH]c(=O)c12. The maximum Gasteiger partial charge on any atom is 0.272 e. The second kappa shape index (κ2) is 5.77. The van der Waals surface area contributed by atoms with Gasteiger partial charge in [-0.25, -0.2) is 0 Å². The summed E-state index contributed by atoms with van der Waals surface area (Å²) in [5, 5.41) is 8.71. The highest BCUT2D eigenvalue weighted by Gasteiger charge is 2.07. The van der Waals surface area contributed by atoms with Crippen molar-refractivity contribution in [2.24, 2.45) is 0 Å². The van der Waals surface area contributed by atoms with Crippen LogP contribution in [0.1, 0.15) is 6.42 Å². The molecule has 2 aromatic rings. The van der Waals surface area contributed by atoms with Crippen LogP contribution in [0.2, 0.25) is 0 Å². The molecule has 0 atom stereocenters. The maximum atomic E-state index is 11.8. The van der Waals surface area contributed by atoms with Crippen LogP contribution < -0.4 is 16.4 Å². The number of fused-ring (bicyclic) bond motifs is 1. The van der Waals surface area contributed by atoms with E-state index in [2.05, 4.69) is 21.8 Å². The van der Waals surface area contributed by atoms with E-state index >= 15 is 0 Å². The highest BCUT2D eigenvalue weighted by Crippen LogP contribution is 2.16. The molecule has 6 heteroatoms. The van der Waals surface area contributed by atoms with Crippen LogP contribution in [0, 0.1) is 0 Å². The Morgan fingerprint density at radius 3 is 2.78 bits per heavy atom. The first-order valence-electron chi connectivity index (χ1n) is 5.70. The smallest absolute Gasteiger partial charge is 0.272 e. The summed E-state index contributed by atoms with van der Waals surface area (Å²) >= 11 is 1.78. The molecule has 1 aromatic carbocycles. The van der Waals surface area contributed by atoms with Gasteiger partial charge in [0.15, 0.2) is 0 Å². The molecular weight excluding hydrogens is 250 g/mol. The van der Waals surface area contributed by atoms with Gasteiger partial charge in [-0.05, 0) is 30.6 Å². The lowest BCUT2D eigenvalue weighted by molar-refractivity contribution is 0.971. The summed E-state index contributed by atoms with van der Waals surface area (Å²) < 4.78 is 0. The number of hydrogen-bond donors (Lipinski definition) is 3. The molecule has 0 aliphatic rings. The molecule has 0 radical (unpaired) electrons. The van der Waals surface area contributed by atoms with Gasteiger partial charge in [0.05, 0.1) is 10.8 Å². The van der Waals surface area contributed by atoms with Gasteiger partial charge in [-0.2, -0.15) is 11.8 Å². The first kappa shape index (κ1) is 12.8. The Kier molecular flexibility index (Phi) is 4.09. The van der Waals surface area contributed by atoms with Crippen LogP contribution in [0.15, 0.2) is 27.8 Å². The molecule has 0 fully saturated rings. The molecule has 2 rings (SSSR count).